The largest absolute Gasteiger partial charge is 0.464 e. The highest BCUT2D eigenvalue weighted by Crippen LogP contribution is 2.05. The monoisotopic (exact) mass is 223 g/mol. The van der Waals surface area contributed by atoms with Gasteiger partial charge in [-0.05, 0) is 19.4 Å². The molecule has 1 rings (SSSR count). The summed E-state index contributed by atoms with van der Waals surface area (Å²) < 4.78 is 6.42. The second-order valence-electron chi connectivity index (χ2n) is 3.64. The maximum absolute atomic E-state index is 11.6. The number of ether oxygens (including phenoxy) is 1. The van der Waals surface area contributed by atoms with E-state index in [-0.39, 0.29) is 11.5 Å². The number of pyridine rings is 1. The van der Waals surface area contributed by atoms with Gasteiger partial charge in [0.05, 0.1) is 6.61 Å². The average molecular weight is 223 g/mol. The summed E-state index contributed by atoms with van der Waals surface area (Å²) in [5, 5.41) is 0. The lowest BCUT2D eigenvalue weighted by atomic mass is 10.3. The van der Waals surface area contributed by atoms with E-state index < -0.39 is 6.04 Å². The number of carbonyl (C=O) groups is 1. The van der Waals surface area contributed by atoms with Crippen molar-refractivity contribution in [3.8, 4) is 0 Å². The SMILES string of the molecule is CCCCOC(=O)C(C)n1ccccc1=O. The number of hydrogen-bond acceptors (Lipinski definition) is 3. The van der Waals surface area contributed by atoms with E-state index in [1.807, 2.05) is 6.92 Å². The standard InChI is InChI=1S/C12H17NO3/c1-3-4-9-16-12(15)10(2)13-8-6-5-7-11(13)14/h5-8,10H,3-4,9H2,1-2H3. The fourth-order valence-corrected chi connectivity index (χ4v) is 1.31. The van der Waals surface area contributed by atoms with Crippen molar-refractivity contribution >= 4 is 5.97 Å². The zero-order chi connectivity index (χ0) is 12.0. The minimum absolute atomic E-state index is 0.192. The normalized spacial score (nSPS) is 12.1. The van der Waals surface area contributed by atoms with Crippen LogP contribution in [0.15, 0.2) is 29.2 Å². The molecule has 1 aromatic heterocycles. The Morgan fingerprint density at radius 3 is 2.88 bits per heavy atom. The molecule has 1 atom stereocenters. The Morgan fingerprint density at radius 2 is 2.25 bits per heavy atom. The van der Waals surface area contributed by atoms with Crippen LogP contribution >= 0.6 is 0 Å². The van der Waals surface area contributed by atoms with Gasteiger partial charge >= 0.3 is 5.97 Å². The molecule has 0 aliphatic carbocycles. The summed E-state index contributed by atoms with van der Waals surface area (Å²) in [4.78, 5) is 23.0. The number of rotatable bonds is 5. The molecule has 88 valence electrons. The Labute approximate surface area is 94.9 Å². The van der Waals surface area contributed by atoms with Crippen LogP contribution in [0.5, 0.6) is 0 Å². The highest BCUT2D eigenvalue weighted by molar-refractivity contribution is 5.73. The van der Waals surface area contributed by atoms with Crippen LogP contribution in [0.25, 0.3) is 0 Å². The summed E-state index contributed by atoms with van der Waals surface area (Å²) in [6.07, 6.45) is 3.42. The number of carbonyl (C=O) groups excluding carboxylic acids is 1. The van der Waals surface area contributed by atoms with E-state index in [1.54, 1.807) is 25.3 Å². The smallest absolute Gasteiger partial charge is 0.328 e. The van der Waals surface area contributed by atoms with Crippen LogP contribution in [0, 0.1) is 0 Å². The first-order valence-electron chi connectivity index (χ1n) is 5.50. The van der Waals surface area contributed by atoms with Gasteiger partial charge in [-0.2, -0.15) is 0 Å². The average Bonchev–Trinajstić information content (AvgIpc) is 2.29. The quantitative estimate of drug-likeness (QED) is 0.564. The lowest BCUT2D eigenvalue weighted by Gasteiger charge is -2.13. The summed E-state index contributed by atoms with van der Waals surface area (Å²) in [6.45, 7) is 4.11. The molecular weight excluding hydrogens is 206 g/mol. The lowest BCUT2D eigenvalue weighted by Crippen LogP contribution is -2.28. The van der Waals surface area contributed by atoms with E-state index in [1.165, 1.54) is 10.6 Å². The van der Waals surface area contributed by atoms with E-state index >= 15 is 0 Å². The molecule has 0 radical (unpaired) electrons. The van der Waals surface area contributed by atoms with E-state index in [9.17, 15) is 9.59 Å². The molecule has 4 nitrogen and oxygen atoms in total. The van der Waals surface area contributed by atoms with Crippen molar-refractivity contribution in [1.82, 2.24) is 4.57 Å². The highest BCUT2D eigenvalue weighted by atomic mass is 16.5. The Bertz CT molecular complexity index is 397. The van der Waals surface area contributed by atoms with Crippen molar-refractivity contribution in [3.63, 3.8) is 0 Å². The Kier molecular flexibility index (Phi) is 4.76. The Balaban J connectivity index is 2.64. The molecule has 4 heteroatoms. The van der Waals surface area contributed by atoms with Crippen LogP contribution in [0.2, 0.25) is 0 Å². The molecule has 0 aliphatic rings. The second-order valence-corrected chi connectivity index (χ2v) is 3.64. The van der Waals surface area contributed by atoms with Crippen LogP contribution in [0.4, 0.5) is 0 Å². The maximum Gasteiger partial charge on any atom is 0.328 e. The molecule has 0 aliphatic heterocycles. The first-order chi connectivity index (χ1) is 7.66. The molecule has 0 spiro atoms. The summed E-state index contributed by atoms with van der Waals surface area (Å²) in [6, 6.07) is 4.23. The van der Waals surface area contributed by atoms with Crippen molar-refractivity contribution in [1.29, 1.82) is 0 Å². The van der Waals surface area contributed by atoms with Gasteiger partial charge in [-0.1, -0.05) is 19.4 Å². The number of esters is 1. The van der Waals surface area contributed by atoms with Gasteiger partial charge in [-0.15, -0.1) is 0 Å². The number of hydrogen-bond donors (Lipinski definition) is 0. The van der Waals surface area contributed by atoms with Gasteiger partial charge in [0.25, 0.3) is 5.56 Å². The van der Waals surface area contributed by atoms with Crippen LogP contribution < -0.4 is 5.56 Å². The molecule has 1 aromatic rings. The van der Waals surface area contributed by atoms with Crippen molar-refractivity contribution < 1.29 is 9.53 Å². The van der Waals surface area contributed by atoms with E-state index in [0.29, 0.717) is 6.61 Å². The van der Waals surface area contributed by atoms with Gasteiger partial charge in [0.1, 0.15) is 6.04 Å². The topological polar surface area (TPSA) is 48.3 Å². The molecule has 0 saturated carbocycles. The molecule has 1 unspecified atom stereocenters. The molecule has 16 heavy (non-hydrogen) atoms. The predicted molar refractivity (Wildman–Crippen MR) is 61.3 cm³/mol. The van der Waals surface area contributed by atoms with Gasteiger partial charge in [0.2, 0.25) is 0 Å². The van der Waals surface area contributed by atoms with Crippen molar-refractivity contribution in [3.05, 3.63) is 34.7 Å². The summed E-state index contributed by atoms with van der Waals surface area (Å²) in [5.41, 5.74) is -0.192. The molecule has 0 fully saturated rings. The van der Waals surface area contributed by atoms with Crippen molar-refractivity contribution in [2.75, 3.05) is 6.61 Å². The van der Waals surface area contributed by atoms with Crippen molar-refractivity contribution in [2.45, 2.75) is 32.7 Å². The van der Waals surface area contributed by atoms with Gasteiger partial charge in [0, 0.05) is 12.3 Å². The highest BCUT2D eigenvalue weighted by Gasteiger charge is 2.16. The number of unbranched alkanes of at least 4 members (excludes halogenated alkanes) is 1. The maximum atomic E-state index is 11.6. The van der Waals surface area contributed by atoms with Gasteiger partial charge < -0.3 is 9.30 Å². The molecule has 1 heterocycles. The lowest BCUT2D eigenvalue weighted by molar-refractivity contribution is -0.147. The number of aromatic nitrogens is 1. The van der Waals surface area contributed by atoms with Gasteiger partial charge in [-0.3, -0.25) is 4.79 Å². The first-order valence-corrected chi connectivity index (χ1v) is 5.50. The summed E-state index contributed by atoms with van der Waals surface area (Å²) >= 11 is 0. The van der Waals surface area contributed by atoms with E-state index in [2.05, 4.69) is 0 Å². The third-order valence-corrected chi connectivity index (χ3v) is 2.35. The van der Waals surface area contributed by atoms with Crippen LogP contribution in [-0.2, 0) is 9.53 Å². The third-order valence-electron chi connectivity index (χ3n) is 2.35. The predicted octanol–water partition coefficient (Wildman–Crippen LogP) is 1.75. The minimum atomic E-state index is -0.564. The second kappa shape index (κ2) is 6.10. The molecule has 0 amide bonds. The summed E-state index contributed by atoms with van der Waals surface area (Å²) in [5.74, 6) is -0.359. The summed E-state index contributed by atoms with van der Waals surface area (Å²) in [7, 11) is 0. The van der Waals surface area contributed by atoms with Crippen LogP contribution in [-0.4, -0.2) is 17.1 Å². The van der Waals surface area contributed by atoms with Crippen molar-refractivity contribution in [2.24, 2.45) is 0 Å². The molecule has 0 saturated heterocycles. The Morgan fingerprint density at radius 1 is 1.50 bits per heavy atom. The number of nitrogens with zero attached hydrogens (tertiary/aromatic N) is 1. The van der Waals surface area contributed by atoms with Gasteiger partial charge in [0.15, 0.2) is 0 Å². The molecule has 0 N–H and O–H groups in total. The zero-order valence-electron chi connectivity index (χ0n) is 9.68. The van der Waals surface area contributed by atoms with Gasteiger partial charge in [-0.25, -0.2) is 4.79 Å². The van der Waals surface area contributed by atoms with Crippen LogP contribution in [0.1, 0.15) is 32.7 Å². The van der Waals surface area contributed by atoms with Crippen LogP contribution in [0.3, 0.4) is 0 Å². The van der Waals surface area contributed by atoms with E-state index in [0.717, 1.165) is 12.8 Å². The minimum Gasteiger partial charge on any atom is -0.464 e. The molecule has 0 bridgehead atoms. The molecular formula is C12H17NO3. The fourth-order valence-electron chi connectivity index (χ4n) is 1.31. The fraction of sp³-hybridized carbons (Fsp3) is 0.500. The zero-order valence-corrected chi connectivity index (χ0v) is 9.68. The Hall–Kier alpha value is -1.58. The molecule has 0 aromatic carbocycles. The first kappa shape index (κ1) is 12.5. The third kappa shape index (κ3) is 3.22. The van der Waals surface area contributed by atoms with E-state index in [4.69, 9.17) is 4.74 Å².